The van der Waals surface area contributed by atoms with Crippen LogP contribution in [0.3, 0.4) is 0 Å². The molecule has 1 saturated carbocycles. The van der Waals surface area contributed by atoms with Gasteiger partial charge in [-0.25, -0.2) is 0 Å². The average molecular weight is 183 g/mol. The Bertz CT molecular complexity index is 361. The molecule has 0 radical (unpaired) electrons. The van der Waals surface area contributed by atoms with E-state index in [-0.39, 0.29) is 17.3 Å². The van der Waals surface area contributed by atoms with Gasteiger partial charge < -0.3 is 0 Å². The minimum absolute atomic E-state index is 0.0678. The highest BCUT2D eigenvalue weighted by Crippen LogP contribution is 2.32. The first-order valence-corrected chi connectivity index (χ1v) is 4.05. The molecule has 68 valence electrons. The Morgan fingerprint density at radius 2 is 2.08 bits per heavy atom. The molecule has 2 rings (SSSR count). The van der Waals surface area contributed by atoms with Crippen LogP contribution in [0.4, 0.5) is 8.78 Å². The second-order valence-corrected chi connectivity index (χ2v) is 3.11. The third-order valence-corrected chi connectivity index (χ3v) is 2.03. The Kier molecular flexibility index (Phi) is 1.83. The third-order valence-electron chi connectivity index (χ3n) is 2.03. The molecule has 1 aromatic heterocycles. The number of Topliss-reactive ketones (excluding diaryl/α,β-unsaturated/α-hetero) is 1. The monoisotopic (exact) mass is 183 g/mol. The zero-order valence-corrected chi connectivity index (χ0v) is 6.76. The summed E-state index contributed by atoms with van der Waals surface area (Å²) in [6.45, 7) is 0. The normalized spacial score (nSPS) is 15.8. The highest BCUT2D eigenvalue weighted by atomic mass is 19.1. The smallest absolute Gasteiger partial charge is 0.226 e. The Labute approximate surface area is 73.6 Å². The van der Waals surface area contributed by atoms with Gasteiger partial charge in [-0.2, -0.15) is 13.8 Å². The zero-order valence-electron chi connectivity index (χ0n) is 6.76. The van der Waals surface area contributed by atoms with Crippen molar-refractivity contribution in [2.45, 2.75) is 12.8 Å². The number of hydrogen-bond acceptors (Lipinski definition) is 2. The van der Waals surface area contributed by atoms with Crippen LogP contribution in [0.1, 0.15) is 23.2 Å². The topological polar surface area (TPSA) is 30.0 Å². The van der Waals surface area contributed by atoms with Crippen molar-refractivity contribution in [3.8, 4) is 0 Å². The molecule has 4 heteroatoms. The van der Waals surface area contributed by atoms with Crippen LogP contribution in [0.25, 0.3) is 0 Å². The van der Waals surface area contributed by atoms with Crippen LogP contribution >= 0.6 is 0 Å². The SMILES string of the molecule is O=C(c1ccc(F)nc1F)C1CC1. The Balaban J connectivity index is 2.33. The van der Waals surface area contributed by atoms with E-state index in [0.29, 0.717) is 0 Å². The molecule has 0 amide bonds. The number of carbonyl (C=O) groups is 1. The number of halogens is 2. The fourth-order valence-corrected chi connectivity index (χ4v) is 1.16. The summed E-state index contributed by atoms with van der Waals surface area (Å²) >= 11 is 0. The molecular formula is C9H7F2NO. The molecule has 1 heterocycles. The van der Waals surface area contributed by atoms with Crippen molar-refractivity contribution < 1.29 is 13.6 Å². The maximum Gasteiger partial charge on any atom is 0.226 e. The van der Waals surface area contributed by atoms with Gasteiger partial charge in [0.25, 0.3) is 0 Å². The van der Waals surface area contributed by atoms with E-state index < -0.39 is 11.9 Å². The van der Waals surface area contributed by atoms with Crippen LogP contribution < -0.4 is 0 Å². The van der Waals surface area contributed by atoms with E-state index in [1.54, 1.807) is 0 Å². The minimum Gasteiger partial charge on any atom is -0.294 e. The first-order valence-electron chi connectivity index (χ1n) is 4.05. The van der Waals surface area contributed by atoms with Crippen molar-refractivity contribution in [3.63, 3.8) is 0 Å². The average Bonchev–Trinajstić information content (AvgIpc) is 2.85. The molecule has 0 unspecified atom stereocenters. The molecule has 0 atom stereocenters. The molecule has 0 N–H and O–H groups in total. The highest BCUT2D eigenvalue weighted by Gasteiger charge is 2.32. The maximum absolute atomic E-state index is 12.9. The number of carbonyl (C=O) groups excluding carboxylic acids is 1. The van der Waals surface area contributed by atoms with E-state index in [0.717, 1.165) is 25.0 Å². The summed E-state index contributed by atoms with van der Waals surface area (Å²) in [6, 6.07) is 2.15. The number of pyridine rings is 1. The van der Waals surface area contributed by atoms with E-state index in [1.807, 2.05) is 0 Å². The van der Waals surface area contributed by atoms with E-state index in [4.69, 9.17) is 0 Å². The Morgan fingerprint density at radius 1 is 1.38 bits per heavy atom. The number of hydrogen-bond donors (Lipinski definition) is 0. The van der Waals surface area contributed by atoms with Crippen molar-refractivity contribution in [3.05, 3.63) is 29.6 Å². The number of aromatic nitrogens is 1. The van der Waals surface area contributed by atoms with Crippen LogP contribution in [-0.2, 0) is 0 Å². The quantitative estimate of drug-likeness (QED) is 0.518. The summed E-state index contributed by atoms with van der Waals surface area (Å²) in [4.78, 5) is 14.3. The van der Waals surface area contributed by atoms with Gasteiger partial charge in [0.15, 0.2) is 5.78 Å². The van der Waals surface area contributed by atoms with Gasteiger partial charge in [-0.05, 0) is 25.0 Å². The summed E-state index contributed by atoms with van der Waals surface area (Å²) in [5, 5.41) is 0. The van der Waals surface area contributed by atoms with Gasteiger partial charge in [0.1, 0.15) is 0 Å². The molecule has 1 aliphatic rings. The van der Waals surface area contributed by atoms with Gasteiger partial charge in [0.2, 0.25) is 11.9 Å². The summed E-state index contributed by atoms with van der Waals surface area (Å²) in [5.74, 6) is -2.23. The lowest BCUT2D eigenvalue weighted by Crippen LogP contribution is -2.06. The zero-order chi connectivity index (χ0) is 9.42. The molecule has 0 aliphatic heterocycles. The molecule has 1 fully saturated rings. The molecule has 1 aromatic rings. The highest BCUT2D eigenvalue weighted by molar-refractivity contribution is 5.99. The van der Waals surface area contributed by atoms with E-state index in [2.05, 4.69) is 4.98 Å². The van der Waals surface area contributed by atoms with E-state index in [1.165, 1.54) is 0 Å². The molecule has 0 aromatic carbocycles. The van der Waals surface area contributed by atoms with E-state index in [9.17, 15) is 13.6 Å². The van der Waals surface area contributed by atoms with Crippen LogP contribution in [0.2, 0.25) is 0 Å². The lowest BCUT2D eigenvalue weighted by Gasteiger charge is -1.98. The van der Waals surface area contributed by atoms with Gasteiger partial charge in [-0.1, -0.05) is 0 Å². The predicted octanol–water partition coefficient (Wildman–Crippen LogP) is 1.95. The van der Waals surface area contributed by atoms with Crippen LogP contribution in [0.15, 0.2) is 12.1 Å². The lowest BCUT2D eigenvalue weighted by molar-refractivity contribution is 0.0962. The molecular weight excluding hydrogens is 176 g/mol. The van der Waals surface area contributed by atoms with Gasteiger partial charge in [0.05, 0.1) is 5.56 Å². The van der Waals surface area contributed by atoms with Crippen LogP contribution in [0.5, 0.6) is 0 Å². The summed E-state index contributed by atoms with van der Waals surface area (Å²) in [5.41, 5.74) is -0.0936. The largest absolute Gasteiger partial charge is 0.294 e. The maximum atomic E-state index is 12.9. The fourth-order valence-electron chi connectivity index (χ4n) is 1.16. The van der Waals surface area contributed by atoms with Crippen LogP contribution in [-0.4, -0.2) is 10.8 Å². The Hall–Kier alpha value is -1.32. The number of ketones is 1. The molecule has 1 aliphatic carbocycles. The summed E-state index contributed by atoms with van der Waals surface area (Å²) in [6.07, 6.45) is 1.60. The van der Waals surface area contributed by atoms with E-state index >= 15 is 0 Å². The van der Waals surface area contributed by atoms with Crippen molar-refractivity contribution in [1.29, 1.82) is 0 Å². The van der Waals surface area contributed by atoms with Crippen molar-refractivity contribution in [2.24, 2.45) is 5.92 Å². The number of nitrogens with zero attached hydrogens (tertiary/aromatic N) is 1. The van der Waals surface area contributed by atoms with Gasteiger partial charge in [-0.15, -0.1) is 0 Å². The summed E-state index contributed by atoms with van der Waals surface area (Å²) in [7, 11) is 0. The first kappa shape index (κ1) is 8.29. The molecule has 0 spiro atoms. The predicted molar refractivity (Wildman–Crippen MR) is 41.2 cm³/mol. The molecule has 13 heavy (non-hydrogen) atoms. The lowest BCUT2D eigenvalue weighted by atomic mass is 10.1. The van der Waals surface area contributed by atoms with Gasteiger partial charge >= 0.3 is 0 Å². The molecule has 0 saturated heterocycles. The summed E-state index contributed by atoms with van der Waals surface area (Å²) < 4.78 is 25.3. The molecule has 2 nitrogen and oxygen atoms in total. The fraction of sp³-hybridized carbons (Fsp3) is 0.333. The minimum atomic E-state index is -1.00. The standard InChI is InChI=1S/C9H7F2NO/c10-7-4-3-6(9(11)12-7)8(13)5-1-2-5/h3-5H,1-2H2. The van der Waals surface area contributed by atoms with Crippen molar-refractivity contribution in [1.82, 2.24) is 4.98 Å². The van der Waals surface area contributed by atoms with Crippen LogP contribution in [0, 0.1) is 17.8 Å². The second-order valence-electron chi connectivity index (χ2n) is 3.11. The van der Waals surface area contributed by atoms with Gasteiger partial charge in [0, 0.05) is 5.92 Å². The van der Waals surface area contributed by atoms with Crippen molar-refractivity contribution in [2.75, 3.05) is 0 Å². The Morgan fingerprint density at radius 3 is 2.62 bits per heavy atom. The number of rotatable bonds is 2. The first-order chi connectivity index (χ1) is 6.18. The third kappa shape index (κ3) is 1.56. The second kappa shape index (κ2) is 2.87. The van der Waals surface area contributed by atoms with Gasteiger partial charge in [-0.3, -0.25) is 4.79 Å². The van der Waals surface area contributed by atoms with Crippen molar-refractivity contribution >= 4 is 5.78 Å². The molecule has 0 bridgehead atoms.